The molecule has 0 bridgehead atoms. The van der Waals surface area contributed by atoms with Crippen LogP contribution in [-0.2, 0) is 0 Å². The maximum absolute atomic E-state index is 10.5. The maximum atomic E-state index is 10.5. The van der Waals surface area contributed by atoms with Crippen molar-refractivity contribution in [3.63, 3.8) is 0 Å². The van der Waals surface area contributed by atoms with E-state index >= 15 is 0 Å². The Morgan fingerprint density at radius 2 is 1.82 bits per heavy atom. The van der Waals surface area contributed by atoms with Crippen LogP contribution in [0.5, 0.6) is 0 Å². The number of nitrogens with zero attached hydrogens (tertiary/aromatic N) is 1. The van der Waals surface area contributed by atoms with Gasteiger partial charge >= 0.3 is 0 Å². The van der Waals surface area contributed by atoms with Gasteiger partial charge < -0.3 is 0 Å². The van der Waals surface area contributed by atoms with Crippen LogP contribution in [-0.4, -0.2) is 4.92 Å². The lowest BCUT2D eigenvalue weighted by Crippen LogP contribution is -1.86. The van der Waals surface area contributed by atoms with Gasteiger partial charge in [0.25, 0.3) is 5.69 Å². The molecule has 0 amide bonds. The summed E-state index contributed by atoms with van der Waals surface area (Å²) < 4.78 is 0. The largest absolute Gasteiger partial charge is 0.269 e. The second-order valence-electron chi connectivity index (χ2n) is 3.46. The molecular formula is C13H9NO2S. The standard InChI is InChI=1S/C13H9NO2S/c1-10-2-8-13(17-10)9-5-11-3-6-12(7-4-11)14(15)16/h2-4,6-8H,1H3. The fraction of sp³-hybridized carbons (Fsp3) is 0.0769. The van der Waals surface area contributed by atoms with Crippen molar-refractivity contribution in [3.05, 3.63) is 61.8 Å². The Bertz CT molecular complexity index is 602. The van der Waals surface area contributed by atoms with E-state index in [0.29, 0.717) is 0 Å². The number of nitro groups is 1. The molecule has 2 aromatic rings. The summed E-state index contributed by atoms with van der Waals surface area (Å²) in [6.45, 7) is 2.03. The predicted octanol–water partition coefficient (Wildman–Crippen LogP) is 3.36. The first-order chi connectivity index (χ1) is 8.15. The zero-order valence-corrected chi connectivity index (χ0v) is 9.95. The van der Waals surface area contributed by atoms with Gasteiger partial charge in [-0.25, -0.2) is 0 Å². The van der Waals surface area contributed by atoms with E-state index < -0.39 is 4.92 Å². The highest BCUT2D eigenvalue weighted by atomic mass is 32.1. The quantitative estimate of drug-likeness (QED) is 0.438. The summed E-state index contributed by atoms with van der Waals surface area (Å²) in [7, 11) is 0. The predicted molar refractivity (Wildman–Crippen MR) is 68.1 cm³/mol. The molecule has 0 N–H and O–H groups in total. The van der Waals surface area contributed by atoms with Crippen molar-refractivity contribution in [3.8, 4) is 11.8 Å². The van der Waals surface area contributed by atoms with E-state index in [9.17, 15) is 10.1 Å². The third-order valence-electron chi connectivity index (χ3n) is 2.15. The number of hydrogen-bond donors (Lipinski definition) is 0. The summed E-state index contributed by atoms with van der Waals surface area (Å²) in [6.07, 6.45) is 0. The van der Waals surface area contributed by atoms with E-state index in [1.807, 2.05) is 19.1 Å². The van der Waals surface area contributed by atoms with Gasteiger partial charge in [-0.1, -0.05) is 11.8 Å². The van der Waals surface area contributed by atoms with Crippen LogP contribution >= 0.6 is 11.3 Å². The minimum Gasteiger partial charge on any atom is -0.258 e. The highest BCUT2D eigenvalue weighted by Crippen LogP contribution is 2.14. The molecule has 84 valence electrons. The molecule has 0 atom stereocenters. The highest BCUT2D eigenvalue weighted by Gasteiger charge is 2.02. The first kappa shape index (κ1) is 11.4. The molecule has 0 aliphatic rings. The van der Waals surface area contributed by atoms with E-state index in [-0.39, 0.29) is 5.69 Å². The summed E-state index contributed by atoms with van der Waals surface area (Å²) in [5.41, 5.74) is 0.865. The van der Waals surface area contributed by atoms with Crippen LogP contribution in [0.4, 0.5) is 5.69 Å². The molecule has 1 heterocycles. The molecule has 17 heavy (non-hydrogen) atoms. The lowest BCUT2D eigenvalue weighted by molar-refractivity contribution is -0.384. The zero-order chi connectivity index (χ0) is 12.3. The molecule has 1 aromatic carbocycles. The Morgan fingerprint density at radius 3 is 2.35 bits per heavy atom. The number of nitro benzene ring substituents is 1. The van der Waals surface area contributed by atoms with Crippen LogP contribution in [0.3, 0.4) is 0 Å². The van der Waals surface area contributed by atoms with Gasteiger partial charge in [-0.3, -0.25) is 10.1 Å². The molecule has 2 rings (SSSR count). The third kappa shape index (κ3) is 2.92. The van der Waals surface area contributed by atoms with Crippen LogP contribution in [0, 0.1) is 28.9 Å². The van der Waals surface area contributed by atoms with Crippen LogP contribution in [0.15, 0.2) is 36.4 Å². The summed E-state index contributed by atoms with van der Waals surface area (Å²) in [5, 5.41) is 10.5. The number of aryl methyl sites for hydroxylation is 1. The minimum absolute atomic E-state index is 0.0857. The third-order valence-corrected chi connectivity index (χ3v) is 3.06. The normalized spacial score (nSPS) is 9.47. The molecule has 0 radical (unpaired) electrons. The van der Waals surface area contributed by atoms with Gasteiger partial charge in [0.2, 0.25) is 0 Å². The molecule has 0 fully saturated rings. The van der Waals surface area contributed by atoms with Gasteiger partial charge in [-0.05, 0) is 31.2 Å². The minimum atomic E-state index is -0.417. The Kier molecular flexibility index (Phi) is 3.22. The molecule has 0 saturated heterocycles. The van der Waals surface area contributed by atoms with Gasteiger partial charge in [0.1, 0.15) is 0 Å². The highest BCUT2D eigenvalue weighted by molar-refractivity contribution is 7.12. The van der Waals surface area contributed by atoms with Crippen molar-refractivity contribution >= 4 is 17.0 Å². The van der Waals surface area contributed by atoms with Crippen molar-refractivity contribution < 1.29 is 4.92 Å². The van der Waals surface area contributed by atoms with E-state index in [4.69, 9.17) is 0 Å². The molecule has 0 aliphatic heterocycles. The first-order valence-electron chi connectivity index (χ1n) is 4.98. The van der Waals surface area contributed by atoms with Gasteiger partial charge in [0.05, 0.1) is 9.80 Å². The fourth-order valence-corrected chi connectivity index (χ4v) is 2.02. The van der Waals surface area contributed by atoms with Gasteiger partial charge in [-0.15, -0.1) is 11.3 Å². The molecular weight excluding hydrogens is 234 g/mol. The lowest BCUT2D eigenvalue weighted by Gasteiger charge is -1.90. The van der Waals surface area contributed by atoms with Gasteiger partial charge in [-0.2, -0.15) is 0 Å². The molecule has 0 spiro atoms. The van der Waals surface area contributed by atoms with Crippen LogP contribution in [0.1, 0.15) is 15.3 Å². The van der Waals surface area contributed by atoms with Crippen LogP contribution in [0.25, 0.3) is 0 Å². The summed E-state index contributed by atoms with van der Waals surface area (Å²) in [6, 6.07) is 10.2. The topological polar surface area (TPSA) is 43.1 Å². The second kappa shape index (κ2) is 4.81. The Labute approximate surface area is 103 Å². The van der Waals surface area contributed by atoms with E-state index in [2.05, 4.69) is 11.8 Å². The molecule has 1 aromatic heterocycles. The first-order valence-corrected chi connectivity index (χ1v) is 5.80. The lowest BCUT2D eigenvalue weighted by atomic mass is 10.2. The maximum Gasteiger partial charge on any atom is 0.269 e. The number of rotatable bonds is 1. The monoisotopic (exact) mass is 243 g/mol. The Morgan fingerprint density at radius 1 is 1.12 bits per heavy atom. The summed E-state index contributed by atoms with van der Waals surface area (Å²) in [4.78, 5) is 12.3. The van der Waals surface area contributed by atoms with Crippen molar-refractivity contribution in [1.29, 1.82) is 0 Å². The summed E-state index contributed by atoms with van der Waals surface area (Å²) >= 11 is 1.63. The Hall–Kier alpha value is -2.12. The second-order valence-corrected chi connectivity index (χ2v) is 4.75. The molecule has 0 aliphatic carbocycles. The number of benzene rings is 1. The van der Waals surface area contributed by atoms with Crippen LogP contribution < -0.4 is 0 Å². The van der Waals surface area contributed by atoms with E-state index in [1.165, 1.54) is 17.0 Å². The van der Waals surface area contributed by atoms with Crippen molar-refractivity contribution in [1.82, 2.24) is 0 Å². The number of non-ortho nitro benzene ring substituents is 1. The zero-order valence-electron chi connectivity index (χ0n) is 9.14. The van der Waals surface area contributed by atoms with Crippen molar-refractivity contribution in [2.75, 3.05) is 0 Å². The average Bonchev–Trinajstić information content (AvgIpc) is 2.73. The molecule has 0 saturated carbocycles. The smallest absolute Gasteiger partial charge is 0.258 e. The van der Waals surface area contributed by atoms with E-state index in [1.54, 1.807) is 23.5 Å². The number of hydrogen-bond acceptors (Lipinski definition) is 3. The Balaban J connectivity index is 2.19. The van der Waals surface area contributed by atoms with E-state index in [0.717, 1.165) is 10.4 Å². The van der Waals surface area contributed by atoms with Gasteiger partial charge in [0.15, 0.2) is 0 Å². The SMILES string of the molecule is Cc1ccc(C#Cc2ccc([N+](=O)[O-])cc2)s1. The van der Waals surface area contributed by atoms with Gasteiger partial charge in [0, 0.05) is 22.6 Å². The average molecular weight is 243 g/mol. The summed E-state index contributed by atoms with van der Waals surface area (Å²) in [5.74, 6) is 6.01. The van der Waals surface area contributed by atoms with Crippen LogP contribution in [0.2, 0.25) is 0 Å². The molecule has 3 nitrogen and oxygen atoms in total. The fourth-order valence-electron chi connectivity index (χ4n) is 1.30. The molecule has 4 heteroatoms. The number of thiophene rings is 1. The van der Waals surface area contributed by atoms with Crippen molar-refractivity contribution in [2.24, 2.45) is 0 Å². The molecule has 0 unspecified atom stereocenters. The van der Waals surface area contributed by atoms with Crippen molar-refractivity contribution in [2.45, 2.75) is 6.92 Å².